The van der Waals surface area contributed by atoms with Gasteiger partial charge in [-0.1, -0.05) is 19.4 Å². The molecule has 1 heterocycles. The Balaban J connectivity index is 1.96. The molecule has 0 saturated heterocycles. The first-order chi connectivity index (χ1) is 12.8. The molecule has 0 bridgehead atoms. The van der Waals surface area contributed by atoms with E-state index in [0.717, 1.165) is 12.0 Å². The van der Waals surface area contributed by atoms with E-state index in [2.05, 4.69) is 5.10 Å². The van der Waals surface area contributed by atoms with Gasteiger partial charge in [0.2, 0.25) is 5.95 Å². The summed E-state index contributed by atoms with van der Waals surface area (Å²) in [4.78, 5) is 14.3. The van der Waals surface area contributed by atoms with Crippen molar-refractivity contribution in [1.82, 2.24) is 14.7 Å². The van der Waals surface area contributed by atoms with Crippen LogP contribution in [0.2, 0.25) is 0 Å². The molecule has 8 heteroatoms. The molecule has 3 rings (SSSR count). The molecule has 1 fully saturated rings. The molecule has 0 aliphatic heterocycles. The Kier molecular flexibility index (Phi) is 5.53. The van der Waals surface area contributed by atoms with Crippen LogP contribution in [0.5, 0.6) is 0 Å². The molecule has 1 aromatic carbocycles. The van der Waals surface area contributed by atoms with Crippen LogP contribution in [0.1, 0.15) is 59.8 Å². The first-order valence-electron chi connectivity index (χ1n) is 8.92. The molecular weight excluding hydrogens is 362 g/mol. The van der Waals surface area contributed by atoms with E-state index < -0.39 is 35.4 Å². The second kappa shape index (κ2) is 7.70. The second-order valence-electron chi connectivity index (χ2n) is 6.80. The summed E-state index contributed by atoms with van der Waals surface area (Å²) < 4.78 is 55.2. The van der Waals surface area contributed by atoms with E-state index in [9.17, 15) is 22.4 Å². The maximum Gasteiger partial charge on any atom is 0.283 e. The fourth-order valence-corrected chi connectivity index (χ4v) is 3.21. The Morgan fingerprint density at radius 1 is 1.30 bits per heavy atom. The number of hydrogen-bond donors (Lipinski definition) is 0. The molecule has 0 spiro atoms. The van der Waals surface area contributed by atoms with Gasteiger partial charge in [-0.25, -0.2) is 17.9 Å². The fourth-order valence-electron chi connectivity index (χ4n) is 3.21. The van der Waals surface area contributed by atoms with E-state index in [0.29, 0.717) is 29.5 Å². The molecule has 0 radical (unpaired) electrons. The van der Waals surface area contributed by atoms with E-state index in [1.54, 1.807) is 6.07 Å². The molecule has 1 aliphatic rings. The maximum absolute atomic E-state index is 14.3. The van der Waals surface area contributed by atoms with Crippen molar-refractivity contribution in [2.24, 2.45) is 7.05 Å². The summed E-state index contributed by atoms with van der Waals surface area (Å²) in [5.41, 5.74) is -0.0652. The number of benzene rings is 1. The van der Waals surface area contributed by atoms with Crippen LogP contribution in [0, 0.1) is 11.8 Å². The summed E-state index contributed by atoms with van der Waals surface area (Å²) in [6.45, 7) is 2.03. The lowest BCUT2D eigenvalue weighted by molar-refractivity contribution is 0.0711. The van der Waals surface area contributed by atoms with Crippen molar-refractivity contribution in [2.45, 2.75) is 51.6 Å². The lowest BCUT2D eigenvalue weighted by Gasteiger charge is -2.24. The van der Waals surface area contributed by atoms with Crippen LogP contribution in [-0.4, -0.2) is 26.6 Å². The van der Waals surface area contributed by atoms with Gasteiger partial charge < -0.3 is 4.90 Å². The zero-order chi connectivity index (χ0) is 19.7. The van der Waals surface area contributed by atoms with Gasteiger partial charge in [-0.2, -0.15) is 9.49 Å². The summed E-state index contributed by atoms with van der Waals surface area (Å²) in [6.07, 6.45) is -0.119. The number of halogens is 4. The first-order valence-corrected chi connectivity index (χ1v) is 8.92. The highest BCUT2D eigenvalue weighted by Gasteiger charge is 2.38. The maximum atomic E-state index is 14.3. The van der Waals surface area contributed by atoms with Gasteiger partial charge in [0.25, 0.3) is 12.3 Å². The van der Waals surface area contributed by atoms with Crippen LogP contribution in [0.4, 0.5) is 17.6 Å². The minimum atomic E-state index is -3.06. The van der Waals surface area contributed by atoms with Crippen LogP contribution in [0.25, 0.3) is 0 Å². The zero-order valence-corrected chi connectivity index (χ0v) is 15.2. The van der Waals surface area contributed by atoms with Gasteiger partial charge >= 0.3 is 0 Å². The highest BCUT2D eigenvalue weighted by molar-refractivity contribution is 5.96. The third-order valence-electron chi connectivity index (χ3n) is 4.70. The summed E-state index contributed by atoms with van der Waals surface area (Å²) in [7, 11) is 1.17. The summed E-state index contributed by atoms with van der Waals surface area (Å²) >= 11 is 0. The van der Waals surface area contributed by atoms with Crippen molar-refractivity contribution in [2.75, 3.05) is 0 Å². The Morgan fingerprint density at radius 2 is 2.00 bits per heavy atom. The Labute approximate surface area is 154 Å². The lowest BCUT2D eigenvalue weighted by atomic mass is 10.0. The molecule has 4 nitrogen and oxygen atoms in total. The van der Waals surface area contributed by atoms with E-state index in [-0.39, 0.29) is 12.6 Å². The number of nitrogens with zero attached hydrogens (tertiary/aromatic N) is 3. The number of carbonyl (C=O) groups is 1. The predicted molar refractivity (Wildman–Crippen MR) is 91.4 cm³/mol. The number of aryl methyl sites for hydroxylation is 2. The molecule has 0 atom stereocenters. The molecule has 1 saturated carbocycles. The fraction of sp³-hybridized carbons (Fsp3) is 0.474. The zero-order valence-electron chi connectivity index (χ0n) is 15.2. The highest BCUT2D eigenvalue weighted by atomic mass is 19.3. The standard InChI is InChI=1S/C19H21F4N3O/c1-3-4-11-5-6-13(20)9-12(11)10-26(14-7-8-14)19(27)15-16(17(21)22)24-25(2)18(15)23/h5-6,9,14,17H,3-4,7-8,10H2,1-2H3. The molecule has 146 valence electrons. The minimum absolute atomic E-state index is 0.0492. The van der Waals surface area contributed by atoms with E-state index >= 15 is 0 Å². The van der Waals surface area contributed by atoms with Crippen molar-refractivity contribution in [1.29, 1.82) is 0 Å². The van der Waals surface area contributed by atoms with E-state index in [4.69, 9.17) is 0 Å². The van der Waals surface area contributed by atoms with E-state index in [1.165, 1.54) is 24.1 Å². The number of rotatable bonds is 7. The Bertz CT molecular complexity index is 846. The summed E-state index contributed by atoms with van der Waals surface area (Å²) in [6, 6.07) is 4.20. The quantitative estimate of drug-likeness (QED) is 0.665. The molecule has 1 aromatic heterocycles. The number of aromatic nitrogens is 2. The van der Waals surface area contributed by atoms with Crippen LogP contribution in [0.3, 0.4) is 0 Å². The van der Waals surface area contributed by atoms with Crippen molar-refractivity contribution in [3.63, 3.8) is 0 Å². The van der Waals surface area contributed by atoms with E-state index in [1.807, 2.05) is 6.92 Å². The van der Waals surface area contributed by atoms with Gasteiger partial charge in [-0.15, -0.1) is 0 Å². The number of carbonyl (C=O) groups excluding carboxylic acids is 1. The highest BCUT2D eigenvalue weighted by Crippen LogP contribution is 2.33. The minimum Gasteiger partial charge on any atom is -0.331 e. The monoisotopic (exact) mass is 383 g/mol. The second-order valence-corrected chi connectivity index (χ2v) is 6.80. The summed E-state index contributed by atoms with van der Waals surface area (Å²) in [5.74, 6) is -2.35. The Hall–Kier alpha value is -2.38. The van der Waals surface area contributed by atoms with Crippen molar-refractivity contribution < 1.29 is 22.4 Å². The van der Waals surface area contributed by atoms with Crippen LogP contribution in [-0.2, 0) is 20.0 Å². The SMILES string of the molecule is CCCc1ccc(F)cc1CN(C(=O)c1c(C(F)F)nn(C)c1F)C1CC1. The number of amides is 1. The molecule has 27 heavy (non-hydrogen) atoms. The number of hydrogen-bond acceptors (Lipinski definition) is 2. The van der Waals surface area contributed by atoms with Gasteiger partial charge in [0.15, 0.2) is 0 Å². The van der Waals surface area contributed by atoms with Crippen LogP contribution >= 0.6 is 0 Å². The van der Waals surface area contributed by atoms with Gasteiger partial charge in [-0.05, 0) is 42.5 Å². The van der Waals surface area contributed by atoms with Gasteiger partial charge in [0, 0.05) is 19.6 Å². The third kappa shape index (κ3) is 3.99. The van der Waals surface area contributed by atoms with Crippen molar-refractivity contribution in [3.8, 4) is 0 Å². The van der Waals surface area contributed by atoms with Crippen LogP contribution < -0.4 is 0 Å². The predicted octanol–water partition coefficient (Wildman–Crippen LogP) is 4.39. The first kappa shape index (κ1) is 19.4. The smallest absolute Gasteiger partial charge is 0.283 e. The average molecular weight is 383 g/mol. The van der Waals surface area contributed by atoms with Gasteiger partial charge in [0.05, 0.1) is 0 Å². The van der Waals surface area contributed by atoms with Crippen molar-refractivity contribution >= 4 is 5.91 Å². The van der Waals surface area contributed by atoms with Gasteiger partial charge in [0.1, 0.15) is 17.1 Å². The van der Waals surface area contributed by atoms with Gasteiger partial charge in [-0.3, -0.25) is 4.79 Å². The third-order valence-corrected chi connectivity index (χ3v) is 4.70. The molecule has 0 N–H and O–H groups in total. The Morgan fingerprint density at radius 3 is 2.59 bits per heavy atom. The molecule has 0 unspecified atom stereocenters. The largest absolute Gasteiger partial charge is 0.331 e. The van der Waals surface area contributed by atoms with Crippen molar-refractivity contribution in [3.05, 3.63) is 52.3 Å². The van der Waals surface area contributed by atoms with Crippen LogP contribution in [0.15, 0.2) is 18.2 Å². The average Bonchev–Trinajstić information content (AvgIpc) is 3.40. The molecule has 1 aliphatic carbocycles. The summed E-state index contributed by atoms with van der Waals surface area (Å²) in [5, 5.41) is 3.45. The topological polar surface area (TPSA) is 38.1 Å². The lowest BCUT2D eigenvalue weighted by Crippen LogP contribution is -2.34. The number of alkyl halides is 2. The molecule has 2 aromatic rings. The normalized spacial score (nSPS) is 14.0. The molecular formula is C19H21F4N3O. The molecule has 1 amide bonds.